The molecule has 4 nitrogen and oxygen atoms in total. The number of rotatable bonds is 10. The molecule has 1 aromatic rings. The predicted octanol–water partition coefficient (Wildman–Crippen LogP) is 3.80. The molecule has 0 radical (unpaired) electrons. The molecule has 0 saturated carbocycles. The van der Waals surface area contributed by atoms with Crippen molar-refractivity contribution in [2.45, 2.75) is 65.6 Å². The van der Waals surface area contributed by atoms with Crippen molar-refractivity contribution < 1.29 is 4.74 Å². The van der Waals surface area contributed by atoms with E-state index in [4.69, 9.17) is 16.3 Å². The molecule has 20 heavy (non-hydrogen) atoms. The maximum atomic E-state index is 6.38. The van der Waals surface area contributed by atoms with Crippen LogP contribution in [0.3, 0.4) is 0 Å². The van der Waals surface area contributed by atoms with Crippen LogP contribution in [-0.2, 0) is 11.3 Å². The predicted molar refractivity (Wildman–Crippen MR) is 84.3 cm³/mol. The van der Waals surface area contributed by atoms with E-state index < -0.39 is 0 Å². The lowest BCUT2D eigenvalue weighted by atomic mass is 10.0. The summed E-state index contributed by atoms with van der Waals surface area (Å²) in [6, 6.07) is 0.0986. The third-order valence-corrected chi connectivity index (χ3v) is 3.62. The van der Waals surface area contributed by atoms with Gasteiger partial charge in [-0.1, -0.05) is 32.4 Å². The van der Waals surface area contributed by atoms with E-state index in [-0.39, 0.29) is 12.1 Å². The van der Waals surface area contributed by atoms with Crippen molar-refractivity contribution in [1.82, 2.24) is 15.1 Å². The molecule has 0 aromatic carbocycles. The Bertz CT molecular complexity index is 381. The fraction of sp³-hybridized carbons (Fsp3) is 0.800. The zero-order chi connectivity index (χ0) is 15.0. The van der Waals surface area contributed by atoms with Crippen molar-refractivity contribution in [2.24, 2.45) is 0 Å². The number of nitrogens with zero attached hydrogens (tertiary/aromatic N) is 2. The second kappa shape index (κ2) is 9.37. The van der Waals surface area contributed by atoms with Crippen LogP contribution in [0.25, 0.3) is 0 Å². The van der Waals surface area contributed by atoms with Crippen LogP contribution in [0.2, 0.25) is 5.02 Å². The van der Waals surface area contributed by atoms with Gasteiger partial charge >= 0.3 is 0 Å². The Morgan fingerprint density at radius 1 is 1.30 bits per heavy atom. The van der Waals surface area contributed by atoms with Gasteiger partial charge in [-0.25, -0.2) is 0 Å². The molecule has 0 aliphatic heterocycles. The van der Waals surface area contributed by atoms with Crippen LogP contribution in [0.1, 0.15) is 58.7 Å². The van der Waals surface area contributed by atoms with Crippen LogP contribution in [-0.4, -0.2) is 29.0 Å². The third kappa shape index (κ3) is 4.47. The van der Waals surface area contributed by atoms with Crippen molar-refractivity contribution in [1.29, 1.82) is 0 Å². The summed E-state index contributed by atoms with van der Waals surface area (Å²) in [5, 5.41) is 8.70. The summed E-state index contributed by atoms with van der Waals surface area (Å²) < 4.78 is 7.91. The number of hydrogen-bond donors (Lipinski definition) is 1. The first-order valence-corrected chi connectivity index (χ1v) is 8.13. The summed E-state index contributed by atoms with van der Waals surface area (Å²) in [5.41, 5.74) is 1.06. The molecule has 0 amide bonds. The number of aromatic nitrogens is 2. The molecule has 1 aromatic heterocycles. The molecule has 1 heterocycles. The first-order valence-electron chi connectivity index (χ1n) is 7.75. The maximum absolute atomic E-state index is 6.38. The Labute approximate surface area is 127 Å². The minimum Gasteiger partial charge on any atom is -0.376 e. The van der Waals surface area contributed by atoms with E-state index in [1.807, 2.05) is 11.6 Å². The molecule has 2 unspecified atom stereocenters. The molecule has 0 aliphatic rings. The summed E-state index contributed by atoms with van der Waals surface area (Å²) in [5.74, 6) is 0. The van der Waals surface area contributed by atoms with E-state index in [2.05, 4.69) is 31.2 Å². The van der Waals surface area contributed by atoms with E-state index in [9.17, 15) is 0 Å². The first kappa shape index (κ1) is 17.5. The molecule has 2 atom stereocenters. The molecule has 0 bridgehead atoms. The first-order chi connectivity index (χ1) is 9.69. The van der Waals surface area contributed by atoms with Gasteiger partial charge in [0.25, 0.3) is 0 Å². The normalized spacial score (nSPS) is 14.4. The topological polar surface area (TPSA) is 39.1 Å². The SMILES string of the molecule is CCCNC(c1c(Cl)cnn1CCC)C(CC)OCC. The fourth-order valence-corrected chi connectivity index (χ4v) is 2.70. The quantitative estimate of drug-likeness (QED) is 0.714. The lowest BCUT2D eigenvalue weighted by molar-refractivity contribution is 0.0291. The average molecular weight is 302 g/mol. The van der Waals surface area contributed by atoms with Gasteiger partial charge in [0.1, 0.15) is 0 Å². The second-order valence-corrected chi connectivity index (χ2v) is 5.34. The zero-order valence-electron chi connectivity index (χ0n) is 13.2. The maximum Gasteiger partial charge on any atom is 0.0835 e. The Hall–Kier alpha value is -0.580. The molecule has 0 aliphatic carbocycles. The molecule has 0 spiro atoms. The highest BCUT2D eigenvalue weighted by atomic mass is 35.5. The van der Waals surface area contributed by atoms with E-state index >= 15 is 0 Å². The van der Waals surface area contributed by atoms with E-state index in [0.29, 0.717) is 6.61 Å². The Balaban J connectivity index is 3.04. The third-order valence-electron chi connectivity index (χ3n) is 3.33. The summed E-state index contributed by atoms with van der Waals surface area (Å²) in [6.45, 7) is 11.0. The fourth-order valence-electron chi connectivity index (χ4n) is 2.44. The molecular weight excluding hydrogens is 274 g/mol. The van der Waals surface area contributed by atoms with E-state index in [0.717, 1.165) is 43.1 Å². The van der Waals surface area contributed by atoms with Crippen molar-refractivity contribution in [3.05, 3.63) is 16.9 Å². The van der Waals surface area contributed by atoms with Crippen molar-refractivity contribution >= 4 is 11.6 Å². The highest BCUT2D eigenvalue weighted by Gasteiger charge is 2.27. The Kier molecular flexibility index (Phi) is 8.19. The molecule has 1 rings (SSSR count). The van der Waals surface area contributed by atoms with Gasteiger partial charge in [-0.2, -0.15) is 5.10 Å². The number of hydrogen-bond acceptors (Lipinski definition) is 3. The lowest BCUT2D eigenvalue weighted by Crippen LogP contribution is -2.36. The summed E-state index contributed by atoms with van der Waals surface area (Å²) in [4.78, 5) is 0. The van der Waals surface area contributed by atoms with Gasteiger partial charge in [-0.3, -0.25) is 4.68 Å². The van der Waals surface area contributed by atoms with Crippen molar-refractivity contribution in [3.8, 4) is 0 Å². The minimum atomic E-state index is 0.0986. The molecule has 0 fully saturated rings. The molecule has 0 saturated heterocycles. The van der Waals surface area contributed by atoms with Gasteiger partial charge < -0.3 is 10.1 Å². The second-order valence-electron chi connectivity index (χ2n) is 4.93. The molecule has 116 valence electrons. The van der Waals surface area contributed by atoms with E-state index in [1.54, 1.807) is 6.20 Å². The van der Waals surface area contributed by atoms with Crippen LogP contribution in [0.5, 0.6) is 0 Å². The summed E-state index contributed by atoms with van der Waals surface area (Å²) in [7, 11) is 0. The van der Waals surface area contributed by atoms with Crippen molar-refractivity contribution in [2.75, 3.05) is 13.2 Å². The van der Waals surface area contributed by atoms with Gasteiger partial charge in [0, 0.05) is 13.2 Å². The smallest absolute Gasteiger partial charge is 0.0835 e. The van der Waals surface area contributed by atoms with Gasteiger partial charge in [-0.05, 0) is 32.7 Å². The standard InChI is InChI=1S/C15H28ClN3O/c1-5-9-17-14(13(7-3)20-8-4)15-12(16)11-18-19(15)10-6-2/h11,13-14,17H,5-10H2,1-4H3. The van der Waals surface area contributed by atoms with Gasteiger partial charge in [0.2, 0.25) is 0 Å². The van der Waals surface area contributed by atoms with Gasteiger partial charge in [0.15, 0.2) is 0 Å². The lowest BCUT2D eigenvalue weighted by Gasteiger charge is -2.28. The summed E-state index contributed by atoms with van der Waals surface area (Å²) >= 11 is 6.38. The highest BCUT2D eigenvalue weighted by molar-refractivity contribution is 6.31. The average Bonchev–Trinajstić information content (AvgIpc) is 2.80. The van der Waals surface area contributed by atoms with Crippen molar-refractivity contribution in [3.63, 3.8) is 0 Å². The Morgan fingerprint density at radius 3 is 2.60 bits per heavy atom. The summed E-state index contributed by atoms with van der Waals surface area (Å²) in [6.07, 6.45) is 4.93. The van der Waals surface area contributed by atoms with Crippen LogP contribution in [0, 0.1) is 0 Å². The minimum absolute atomic E-state index is 0.0986. The highest BCUT2D eigenvalue weighted by Crippen LogP contribution is 2.28. The van der Waals surface area contributed by atoms with Crippen LogP contribution < -0.4 is 5.32 Å². The number of ether oxygens (including phenoxy) is 1. The van der Waals surface area contributed by atoms with E-state index in [1.165, 1.54) is 0 Å². The molecule has 5 heteroatoms. The van der Waals surface area contributed by atoms with Gasteiger partial charge in [0.05, 0.1) is 29.1 Å². The largest absolute Gasteiger partial charge is 0.376 e. The molecule has 1 N–H and O–H groups in total. The molecular formula is C15H28ClN3O. The van der Waals surface area contributed by atoms with Crippen LogP contribution >= 0.6 is 11.6 Å². The monoisotopic (exact) mass is 301 g/mol. The van der Waals surface area contributed by atoms with Crippen LogP contribution in [0.15, 0.2) is 6.20 Å². The van der Waals surface area contributed by atoms with Gasteiger partial charge in [-0.15, -0.1) is 0 Å². The Morgan fingerprint density at radius 2 is 2.05 bits per heavy atom. The number of halogens is 1. The zero-order valence-corrected chi connectivity index (χ0v) is 13.9. The number of aryl methyl sites for hydroxylation is 1. The number of nitrogens with one attached hydrogen (secondary N) is 1. The van der Waals surface area contributed by atoms with Crippen LogP contribution in [0.4, 0.5) is 0 Å².